The van der Waals surface area contributed by atoms with E-state index < -0.39 is 29.9 Å². The van der Waals surface area contributed by atoms with Crippen molar-refractivity contribution in [2.75, 3.05) is 11.5 Å². The van der Waals surface area contributed by atoms with Crippen LogP contribution in [0.2, 0.25) is 0 Å². The van der Waals surface area contributed by atoms with Crippen LogP contribution >= 0.6 is 0 Å². The average molecular weight is 443 g/mol. The number of carbonyl (C=O) groups is 4. The van der Waals surface area contributed by atoms with Crippen LogP contribution in [0.1, 0.15) is 55.2 Å². The number of hydrogen-bond acceptors (Lipinski definition) is 6. The molecule has 166 valence electrons. The number of carbonyl (C=O) groups excluding carboxylic acids is 4. The quantitative estimate of drug-likeness (QED) is 0.418. The zero-order chi connectivity index (χ0) is 23.5. The summed E-state index contributed by atoms with van der Waals surface area (Å²) in [5.41, 5.74) is 2.25. The highest BCUT2D eigenvalue weighted by atomic mass is 16.6. The number of hydrogen-bond donors (Lipinski definition) is 0. The number of rotatable bonds is 6. The molecular formula is C26H21NO6. The van der Waals surface area contributed by atoms with Gasteiger partial charge >= 0.3 is 11.9 Å². The topological polar surface area (TPSA) is 90.0 Å². The van der Waals surface area contributed by atoms with Crippen LogP contribution in [0.15, 0.2) is 72.8 Å². The summed E-state index contributed by atoms with van der Waals surface area (Å²) in [6, 6.07) is 19.6. The van der Waals surface area contributed by atoms with E-state index in [1.54, 1.807) is 61.5 Å². The number of imide groups is 1. The van der Waals surface area contributed by atoms with Crippen molar-refractivity contribution in [1.29, 1.82) is 0 Å². The smallest absolute Gasteiger partial charge is 0.352 e. The van der Waals surface area contributed by atoms with E-state index in [1.807, 2.05) is 6.92 Å². The number of aryl methyl sites for hydroxylation is 1. The molecular weight excluding hydrogens is 422 g/mol. The minimum atomic E-state index is -1.26. The van der Waals surface area contributed by atoms with Gasteiger partial charge in [0.05, 0.1) is 29.0 Å². The molecule has 3 aromatic carbocycles. The van der Waals surface area contributed by atoms with Crippen molar-refractivity contribution < 1.29 is 28.7 Å². The standard InChI is InChI=1S/C26H21NO6/c1-3-32-26(31)22(17-7-5-4-6-8-17)33-25(30)18-11-14-20-21(15-18)24(29)27(23(20)28)19-12-9-16(2)10-13-19/h4-15,22H,3H2,1-2H3/t22-/m0/s1. The first-order valence-electron chi connectivity index (χ1n) is 10.4. The molecule has 3 aromatic rings. The summed E-state index contributed by atoms with van der Waals surface area (Å²) >= 11 is 0. The van der Waals surface area contributed by atoms with E-state index in [-0.39, 0.29) is 23.3 Å². The lowest BCUT2D eigenvalue weighted by molar-refractivity contribution is -0.153. The fraction of sp³-hybridized carbons (Fsp3) is 0.154. The van der Waals surface area contributed by atoms with Gasteiger partial charge in [0.1, 0.15) is 0 Å². The van der Waals surface area contributed by atoms with E-state index in [9.17, 15) is 19.2 Å². The van der Waals surface area contributed by atoms with Crippen LogP contribution < -0.4 is 4.90 Å². The monoisotopic (exact) mass is 443 g/mol. The van der Waals surface area contributed by atoms with Crippen molar-refractivity contribution in [3.8, 4) is 0 Å². The average Bonchev–Trinajstić information content (AvgIpc) is 3.08. The fourth-order valence-electron chi connectivity index (χ4n) is 3.57. The molecule has 1 atom stereocenters. The van der Waals surface area contributed by atoms with Gasteiger partial charge in [-0.1, -0.05) is 48.0 Å². The molecule has 7 nitrogen and oxygen atoms in total. The molecule has 1 heterocycles. The lowest BCUT2D eigenvalue weighted by Gasteiger charge is -2.17. The predicted octanol–water partition coefficient (Wildman–Crippen LogP) is 4.26. The number of benzene rings is 3. The second-order valence-electron chi connectivity index (χ2n) is 7.49. The van der Waals surface area contributed by atoms with E-state index >= 15 is 0 Å². The number of esters is 2. The Morgan fingerprint density at radius 2 is 1.55 bits per heavy atom. The van der Waals surface area contributed by atoms with E-state index in [0.717, 1.165) is 10.5 Å². The van der Waals surface area contributed by atoms with Gasteiger partial charge in [0.15, 0.2) is 0 Å². The first-order valence-corrected chi connectivity index (χ1v) is 10.4. The van der Waals surface area contributed by atoms with Gasteiger partial charge < -0.3 is 9.47 Å². The van der Waals surface area contributed by atoms with Gasteiger partial charge in [-0.15, -0.1) is 0 Å². The Bertz CT molecular complexity index is 1230. The molecule has 1 aliphatic rings. The first-order chi connectivity index (χ1) is 15.9. The van der Waals surface area contributed by atoms with Crippen molar-refractivity contribution in [1.82, 2.24) is 0 Å². The predicted molar refractivity (Wildman–Crippen MR) is 120 cm³/mol. The number of nitrogens with zero attached hydrogens (tertiary/aromatic N) is 1. The number of ether oxygens (including phenoxy) is 2. The largest absolute Gasteiger partial charge is 0.463 e. The van der Waals surface area contributed by atoms with E-state index in [2.05, 4.69) is 0 Å². The third kappa shape index (κ3) is 4.25. The molecule has 0 saturated carbocycles. The van der Waals surface area contributed by atoms with Gasteiger partial charge in [0.2, 0.25) is 6.10 Å². The second kappa shape index (κ2) is 9.08. The normalized spacial score (nSPS) is 13.5. The van der Waals surface area contributed by atoms with Crippen LogP contribution in [0.3, 0.4) is 0 Å². The zero-order valence-electron chi connectivity index (χ0n) is 18.1. The van der Waals surface area contributed by atoms with Crippen LogP contribution in [0, 0.1) is 6.92 Å². The minimum absolute atomic E-state index is 0.0471. The zero-order valence-corrected chi connectivity index (χ0v) is 18.1. The highest BCUT2D eigenvalue weighted by molar-refractivity contribution is 6.34. The van der Waals surface area contributed by atoms with Gasteiger partial charge in [-0.3, -0.25) is 9.59 Å². The summed E-state index contributed by atoms with van der Waals surface area (Å²) in [5.74, 6) is -2.50. The molecule has 0 saturated heterocycles. The van der Waals surface area contributed by atoms with Crippen LogP contribution in [0.25, 0.3) is 0 Å². The third-order valence-electron chi connectivity index (χ3n) is 5.24. The molecule has 1 aliphatic heterocycles. The van der Waals surface area contributed by atoms with E-state index in [1.165, 1.54) is 18.2 Å². The summed E-state index contributed by atoms with van der Waals surface area (Å²) in [6.07, 6.45) is -1.26. The molecule has 0 radical (unpaired) electrons. The molecule has 0 fully saturated rings. The summed E-state index contributed by atoms with van der Waals surface area (Å²) in [4.78, 5) is 52.2. The number of amides is 2. The summed E-state index contributed by atoms with van der Waals surface area (Å²) in [5, 5.41) is 0. The highest BCUT2D eigenvalue weighted by Gasteiger charge is 2.37. The van der Waals surface area contributed by atoms with E-state index in [0.29, 0.717) is 11.3 Å². The highest BCUT2D eigenvalue weighted by Crippen LogP contribution is 2.30. The molecule has 4 rings (SSSR count). The molecule has 0 bridgehead atoms. The number of anilines is 1. The van der Waals surface area contributed by atoms with Gasteiger partial charge in [-0.2, -0.15) is 0 Å². The molecule has 0 unspecified atom stereocenters. The van der Waals surface area contributed by atoms with Gasteiger partial charge in [0, 0.05) is 5.56 Å². The molecule has 2 amide bonds. The van der Waals surface area contributed by atoms with Crippen LogP contribution in [-0.2, 0) is 14.3 Å². The fourth-order valence-corrected chi connectivity index (χ4v) is 3.57. The van der Waals surface area contributed by atoms with E-state index in [4.69, 9.17) is 9.47 Å². The minimum Gasteiger partial charge on any atom is -0.463 e. The van der Waals surface area contributed by atoms with Crippen molar-refractivity contribution in [3.63, 3.8) is 0 Å². The Hall–Kier alpha value is -4.26. The van der Waals surface area contributed by atoms with Crippen LogP contribution in [-0.4, -0.2) is 30.4 Å². The SMILES string of the molecule is CCOC(=O)[C@@H](OC(=O)c1ccc2c(c1)C(=O)N(c1ccc(C)cc1)C2=O)c1ccccc1. The Morgan fingerprint density at radius 1 is 0.879 bits per heavy atom. The van der Waals surface area contributed by atoms with Crippen molar-refractivity contribution >= 4 is 29.4 Å². The Kier molecular flexibility index (Phi) is 6.04. The molecule has 0 N–H and O–H groups in total. The van der Waals surface area contributed by atoms with Gasteiger partial charge in [0.25, 0.3) is 11.8 Å². The lowest BCUT2D eigenvalue weighted by Crippen LogP contribution is -2.29. The molecule has 0 spiro atoms. The van der Waals surface area contributed by atoms with Gasteiger partial charge in [-0.05, 0) is 44.2 Å². The maximum absolute atomic E-state index is 13.0. The van der Waals surface area contributed by atoms with Crippen molar-refractivity contribution in [2.45, 2.75) is 20.0 Å². The first kappa shape index (κ1) is 22.0. The molecule has 33 heavy (non-hydrogen) atoms. The Labute approximate surface area is 190 Å². The molecule has 7 heteroatoms. The number of fused-ring (bicyclic) bond motifs is 1. The van der Waals surface area contributed by atoms with Gasteiger partial charge in [-0.25, -0.2) is 14.5 Å². The second-order valence-corrected chi connectivity index (χ2v) is 7.49. The summed E-state index contributed by atoms with van der Waals surface area (Å²) in [7, 11) is 0. The third-order valence-corrected chi connectivity index (χ3v) is 5.24. The summed E-state index contributed by atoms with van der Waals surface area (Å²) in [6.45, 7) is 3.69. The van der Waals surface area contributed by atoms with Crippen molar-refractivity contribution in [2.24, 2.45) is 0 Å². The van der Waals surface area contributed by atoms with Crippen LogP contribution in [0.4, 0.5) is 5.69 Å². The lowest BCUT2D eigenvalue weighted by atomic mass is 10.1. The maximum atomic E-state index is 13.0. The maximum Gasteiger partial charge on any atom is 0.352 e. The van der Waals surface area contributed by atoms with Crippen molar-refractivity contribution in [3.05, 3.63) is 101 Å². The van der Waals surface area contributed by atoms with Crippen LogP contribution in [0.5, 0.6) is 0 Å². The summed E-state index contributed by atoms with van der Waals surface area (Å²) < 4.78 is 10.5. The molecule has 0 aliphatic carbocycles. The Morgan fingerprint density at radius 3 is 2.21 bits per heavy atom. The molecule has 0 aromatic heterocycles. The Balaban J connectivity index is 1.61.